The fourth-order valence-electron chi connectivity index (χ4n) is 0.190. The van der Waals surface area contributed by atoms with E-state index in [1.54, 1.807) is 0 Å². The van der Waals surface area contributed by atoms with Crippen LogP contribution >= 0.6 is 11.6 Å². The van der Waals surface area contributed by atoms with Crippen LogP contribution in [0, 0.1) is 0 Å². The molecule has 0 atom stereocenters. The van der Waals surface area contributed by atoms with Gasteiger partial charge in [-0.25, -0.2) is 9.18 Å². The van der Waals surface area contributed by atoms with Crippen molar-refractivity contribution < 1.29 is 23.1 Å². The maximum atomic E-state index is 11.8. The second-order valence-electron chi connectivity index (χ2n) is 1.33. The lowest BCUT2D eigenvalue weighted by atomic mass is 10.5. The number of rotatable bonds is 2. The zero-order valence-electron chi connectivity index (χ0n) is 4.44. The molecule has 6 heteroatoms. The van der Waals surface area contributed by atoms with Crippen molar-refractivity contribution in [1.82, 2.24) is 0 Å². The van der Waals surface area contributed by atoms with Gasteiger partial charge in [0.25, 0.3) is 0 Å². The molecule has 0 spiro atoms. The summed E-state index contributed by atoms with van der Waals surface area (Å²) in [5.41, 5.74) is 0. The summed E-state index contributed by atoms with van der Waals surface area (Å²) in [6.45, 7) is 0. The van der Waals surface area contributed by atoms with Crippen molar-refractivity contribution in [1.29, 1.82) is 0 Å². The van der Waals surface area contributed by atoms with Crippen LogP contribution in [0.3, 0.4) is 0 Å². The van der Waals surface area contributed by atoms with E-state index < -0.39 is 17.2 Å². The third-order valence-corrected chi connectivity index (χ3v) is 0.702. The molecule has 0 amide bonds. The number of aliphatic carboxylic acids is 1. The van der Waals surface area contributed by atoms with Gasteiger partial charge in [0.1, 0.15) is 0 Å². The maximum absolute atomic E-state index is 11.8. The lowest BCUT2D eigenvalue weighted by Crippen LogP contribution is -2.07. The number of hydrogen-bond donors (Lipinski definition) is 1. The van der Waals surface area contributed by atoms with Crippen LogP contribution in [0.5, 0.6) is 0 Å². The Labute approximate surface area is 58.9 Å². The zero-order valence-corrected chi connectivity index (χ0v) is 5.20. The molecule has 0 aliphatic heterocycles. The molecule has 0 saturated carbocycles. The van der Waals surface area contributed by atoms with Gasteiger partial charge in [0.05, 0.1) is 6.08 Å². The smallest absolute Gasteiger partial charge is 0.374 e. The van der Waals surface area contributed by atoms with Crippen LogP contribution in [-0.2, 0) is 4.79 Å². The normalized spacial score (nSPS) is 13.4. The average molecular weight is 175 g/mol. The van der Waals surface area contributed by atoms with E-state index >= 15 is 0 Å². The predicted octanol–water partition coefficient (Wildman–Crippen LogP) is 1.76. The summed E-state index contributed by atoms with van der Waals surface area (Å²) in [6, 6.07) is 0. The van der Waals surface area contributed by atoms with Gasteiger partial charge < -0.3 is 5.11 Å². The van der Waals surface area contributed by atoms with Crippen LogP contribution < -0.4 is 0 Å². The van der Waals surface area contributed by atoms with Crippen LogP contribution in [0.4, 0.5) is 13.2 Å². The Morgan fingerprint density at radius 3 is 2.10 bits per heavy atom. The highest BCUT2D eigenvalue weighted by Crippen LogP contribution is 2.28. The average Bonchev–Trinajstić information content (AvgIpc) is 1.60. The number of carboxylic acids is 1. The van der Waals surface area contributed by atoms with Crippen molar-refractivity contribution in [2.24, 2.45) is 0 Å². The van der Waals surface area contributed by atoms with Crippen molar-refractivity contribution in [3.05, 3.63) is 11.9 Å². The van der Waals surface area contributed by atoms with Crippen molar-refractivity contribution in [3.63, 3.8) is 0 Å². The molecule has 0 aliphatic carbocycles. The van der Waals surface area contributed by atoms with Gasteiger partial charge >= 0.3 is 11.4 Å². The molecule has 1 N–H and O–H groups in total. The number of alkyl halides is 3. The molecule has 0 fully saturated rings. The minimum absolute atomic E-state index is 0.299. The van der Waals surface area contributed by atoms with E-state index in [9.17, 15) is 18.0 Å². The first-order valence-corrected chi connectivity index (χ1v) is 2.39. The lowest BCUT2D eigenvalue weighted by Gasteiger charge is -2.01. The van der Waals surface area contributed by atoms with Gasteiger partial charge in [0.15, 0.2) is 5.83 Å². The molecule has 0 unspecified atom stereocenters. The second kappa shape index (κ2) is 2.92. The minimum Gasteiger partial charge on any atom is -0.478 e. The SMILES string of the molecule is O=C(O)C=C(F)C(F)(F)Cl. The highest BCUT2D eigenvalue weighted by Gasteiger charge is 2.32. The number of hydrogen-bond acceptors (Lipinski definition) is 1. The summed E-state index contributed by atoms with van der Waals surface area (Å²) in [7, 11) is 0. The third kappa shape index (κ3) is 3.34. The van der Waals surface area contributed by atoms with Gasteiger partial charge in [0.2, 0.25) is 0 Å². The molecule has 2 nitrogen and oxygen atoms in total. The third-order valence-electron chi connectivity index (χ3n) is 0.521. The summed E-state index contributed by atoms with van der Waals surface area (Å²) < 4.78 is 34.8. The van der Waals surface area contributed by atoms with Crippen LogP contribution in [0.2, 0.25) is 0 Å². The molecule has 0 aliphatic rings. The highest BCUT2D eigenvalue weighted by atomic mass is 35.5. The van der Waals surface area contributed by atoms with Gasteiger partial charge in [-0.1, -0.05) is 0 Å². The van der Waals surface area contributed by atoms with E-state index in [4.69, 9.17) is 5.11 Å². The summed E-state index contributed by atoms with van der Waals surface area (Å²) in [5, 5.41) is 3.52. The minimum atomic E-state index is -4.22. The summed E-state index contributed by atoms with van der Waals surface area (Å²) in [5.74, 6) is -3.99. The maximum Gasteiger partial charge on any atom is 0.374 e. The number of allylic oxidation sites excluding steroid dienone is 1. The van der Waals surface area contributed by atoms with Crippen LogP contribution in [-0.4, -0.2) is 16.5 Å². The van der Waals surface area contributed by atoms with E-state index in [2.05, 4.69) is 11.6 Å². The van der Waals surface area contributed by atoms with Crippen LogP contribution in [0.1, 0.15) is 0 Å². The molecule has 0 rings (SSSR count). The molecule has 0 aromatic carbocycles. The van der Waals surface area contributed by atoms with Crippen LogP contribution in [0.25, 0.3) is 0 Å². The van der Waals surface area contributed by atoms with Crippen molar-refractivity contribution in [2.45, 2.75) is 5.38 Å². The topological polar surface area (TPSA) is 37.3 Å². The van der Waals surface area contributed by atoms with Gasteiger partial charge in [-0.2, -0.15) is 8.78 Å². The molecule has 0 aromatic heterocycles. The van der Waals surface area contributed by atoms with Crippen molar-refractivity contribution in [3.8, 4) is 0 Å². The van der Waals surface area contributed by atoms with Gasteiger partial charge in [-0.15, -0.1) is 0 Å². The molecule has 10 heavy (non-hydrogen) atoms. The number of halogens is 4. The predicted molar refractivity (Wildman–Crippen MR) is 27.6 cm³/mol. The van der Waals surface area contributed by atoms with E-state index in [1.165, 1.54) is 0 Å². The van der Waals surface area contributed by atoms with Crippen molar-refractivity contribution in [2.75, 3.05) is 0 Å². The second-order valence-corrected chi connectivity index (χ2v) is 1.80. The lowest BCUT2D eigenvalue weighted by molar-refractivity contribution is -0.131. The molecule has 58 valence electrons. The molecular formula is C4H2ClF3O2. The zero-order chi connectivity index (χ0) is 8.36. The number of carboxylic acid groups (broad SMARTS) is 1. The molecular weight excluding hydrogens is 172 g/mol. The first kappa shape index (κ1) is 9.29. The standard InChI is InChI=1S/C4H2ClF3O2/c5-4(7,8)2(6)1-3(9)10/h1H,(H,9,10). The molecule has 0 aromatic rings. The van der Waals surface area contributed by atoms with E-state index in [-0.39, 0.29) is 6.08 Å². The largest absolute Gasteiger partial charge is 0.478 e. The fourth-order valence-corrected chi connectivity index (χ4v) is 0.245. The Hall–Kier alpha value is -0.710. The summed E-state index contributed by atoms with van der Waals surface area (Å²) in [6.07, 6.45) is -0.299. The Bertz CT molecular complexity index is 172. The Morgan fingerprint density at radius 1 is 1.60 bits per heavy atom. The van der Waals surface area contributed by atoms with Crippen LogP contribution in [0.15, 0.2) is 11.9 Å². The first-order chi connectivity index (χ1) is 4.34. The van der Waals surface area contributed by atoms with Gasteiger partial charge in [-0.05, 0) is 11.6 Å². The first-order valence-electron chi connectivity index (χ1n) is 2.01. The Morgan fingerprint density at radius 2 is 2.00 bits per heavy atom. The molecule has 0 bridgehead atoms. The molecule has 0 saturated heterocycles. The monoisotopic (exact) mass is 174 g/mol. The van der Waals surface area contributed by atoms with Gasteiger partial charge in [0, 0.05) is 0 Å². The Kier molecular flexibility index (Phi) is 2.71. The van der Waals surface area contributed by atoms with E-state index in [1.807, 2.05) is 0 Å². The number of carbonyl (C=O) groups is 1. The summed E-state index contributed by atoms with van der Waals surface area (Å²) >= 11 is 4.09. The quantitative estimate of drug-likeness (QED) is 0.512. The van der Waals surface area contributed by atoms with E-state index in [0.717, 1.165) is 0 Å². The summed E-state index contributed by atoms with van der Waals surface area (Å²) in [4.78, 5) is 9.55. The van der Waals surface area contributed by atoms with Gasteiger partial charge in [-0.3, -0.25) is 0 Å². The molecule has 0 radical (unpaired) electrons. The Balaban J connectivity index is 4.35. The fraction of sp³-hybridized carbons (Fsp3) is 0.250. The van der Waals surface area contributed by atoms with Crippen molar-refractivity contribution >= 4 is 17.6 Å². The molecule has 0 heterocycles. The highest BCUT2D eigenvalue weighted by molar-refractivity contribution is 6.23. The van der Waals surface area contributed by atoms with E-state index in [0.29, 0.717) is 0 Å².